The Hall–Kier alpha value is -1.12. The Morgan fingerprint density at radius 2 is 1.90 bits per heavy atom. The molecule has 3 aliphatic carbocycles. The third kappa shape index (κ3) is 2.32. The zero-order valence-corrected chi connectivity index (χ0v) is 12.4. The Bertz CT molecular complexity index is 443. The van der Waals surface area contributed by atoms with E-state index in [0.29, 0.717) is 12.3 Å². The number of esters is 1. The second-order valence-corrected chi connectivity index (χ2v) is 7.12. The van der Waals surface area contributed by atoms with Gasteiger partial charge in [-0.15, -0.1) is 0 Å². The fourth-order valence-electron chi connectivity index (χ4n) is 4.10. The second-order valence-electron chi connectivity index (χ2n) is 7.12. The van der Waals surface area contributed by atoms with Crippen LogP contribution in [0, 0.1) is 23.7 Å². The van der Waals surface area contributed by atoms with E-state index in [1.54, 1.807) is 0 Å². The summed E-state index contributed by atoms with van der Waals surface area (Å²) in [5.74, 6) is 0.0311. The quantitative estimate of drug-likeness (QED) is 0.587. The minimum Gasteiger partial charge on any atom is -0.459 e. The molecule has 0 N–H and O–H groups in total. The van der Waals surface area contributed by atoms with Crippen molar-refractivity contribution in [3.05, 3.63) is 12.2 Å². The molecule has 0 aromatic rings. The standard InChI is InChI=1S/C17H24O3/c1-17(2,12-6-4-3-5-7-12)20-16(19)14-10-11-8-9-13(14)15(11)18/h8-9,11-14H,3-7,10H2,1-2H3. The van der Waals surface area contributed by atoms with Gasteiger partial charge in [-0.3, -0.25) is 9.59 Å². The van der Waals surface area contributed by atoms with Crippen LogP contribution in [0.3, 0.4) is 0 Å². The molecular formula is C17H24O3. The molecule has 2 bridgehead atoms. The molecule has 0 saturated heterocycles. The van der Waals surface area contributed by atoms with Gasteiger partial charge in [0.2, 0.25) is 0 Å². The molecule has 0 amide bonds. The highest BCUT2D eigenvalue weighted by Gasteiger charge is 2.49. The summed E-state index contributed by atoms with van der Waals surface area (Å²) in [6, 6.07) is 0. The minimum absolute atomic E-state index is 0.0321. The lowest BCUT2D eigenvalue weighted by Gasteiger charge is -2.37. The van der Waals surface area contributed by atoms with Gasteiger partial charge in [0.25, 0.3) is 0 Å². The lowest BCUT2D eigenvalue weighted by molar-refractivity contribution is -0.169. The Balaban J connectivity index is 1.64. The summed E-state index contributed by atoms with van der Waals surface area (Å²) in [4.78, 5) is 24.3. The number of Topliss-reactive ketones (excluding diaryl/α,β-unsaturated/α-hetero) is 1. The van der Waals surface area contributed by atoms with Gasteiger partial charge in [0.15, 0.2) is 0 Å². The maximum absolute atomic E-state index is 12.4. The molecular weight excluding hydrogens is 252 g/mol. The third-order valence-corrected chi connectivity index (χ3v) is 5.44. The molecule has 0 aromatic heterocycles. The van der Waals surface area contributed by atoms with E-state index in [4.69, 9.17) is 4.74 Å². The Kier molecular flexibility index (Phi) is 3.47. The number of carbonyl (C=O) groups is 2. The van der Waals surface area contributed by atoms with E-state index in [1.807, 2.05) is 26.0 Å². The van der Waals surface area contributed by atoms with Crippen LogP contribution in [0.25, 0.3) is 0 Å². The van der Waals surface area contributed by atoms with Crippen molar-refractivity contribution >= 4 is 11.8 Å². The first kappa shape index (κ1) is 13.8. The van der Waals surface area contributed by atoms with E-state index in [9.17, 15) is 9.59 Å². The summed E-state index contributed by atoms with van der Waals surface area (Å²) < 4.78 is 5.84. The number of hydrogen-bond acceptors (Lipinski definition) is 3. The van der Waals surface area contributed by atoms with Gasteiger partial charge in [-0.1, -0.05) is 31.4 Å². The van der Waals surface area contributed by atoms with Crippen LogP contribution in [0.1, 0.15) is 52.4 Å². The molecule has 0 aliphatic heterocycles. The van der Waals surface area contributed by atoms with Crippen molar-refractivity contribution in [2.45, 2.75) is 58.0 Å². The second kappa shape index (κ2) is 5.01. The van der Waals surface area contributed by atoms with Gasteiger partial charge in [0.05, 0.1) is 5.92 Å². The van der Waals surface area contributed by atoms with Gasteiger partial charge in [-0.2, -0.15) is 0 Å². The number of carbonyl (C=O) groups excluding carboxylic acids is 2. The van der Waals surface area contributed by atoms with Crippen LogP contribution in [0.15, 0.2) is 12.2 Å². The summed E-state index contributed by atoms with van der Waals surface area (Å²) in [5.41, 5.74) is -0.397. The number of rotatable bonds is 3. The Morgan fingerprint density at radius 1 is 1.20 bits per heavy atom. The van der Waals surface area contributed by atoms with Crippen LogP contribution in [0.2, 0.25) is 0 Å². The summed E-state index contributed by atoms with van der Waals surface area (Å²) in [7, 11) is 0. The monoisotopic (exact) mass is 276 g/mol. The highest BCUT2D eigenvalue weighted by molar-refractivity contribution is 5.96. The van der Waals surface area contributed by atoms with Crippen molar-refractivity contribution in [3.63, 3.8) is 0 Å². The molecule has 0 aromatic carbocycles. The highest BCUT2D eigenvalue weighted by Crippen LogP contribution is 2.43. The Morgan fingerprint density at radius 3 is 2.45 bits per heavy atom. The van der Waals surface area contributed by atoms with Gasteiger partial charge < -0.3 is 4.74 Å². The van der Waals surface area contributed by atoms with Crippen LogP contribution in [-0.4, -0.2) is 17.4 Å². The maximum Gasteiger partial charge on any atom is 0.310 e. The summed E-state index contributed by atoms with van der Waals surface area (Å²) in [6.45, 7) is 4.07. The smallest absolute Gasteiger partial charge is 0.310 e. The normalized spacial score (nSPS) is 33.7. The van der Waals surface area contributed by atoms with Crippen LogP contribution in [0.4, 0.5) is 0 Å². The summed E-state index contributed by atoms with van der Waals surface area (Å²) in [6.07, 6.45) is 10.6. The molecule has 0 spiro atoms. The maximum atomic E-state index is 12.4. The van der Waals surface area contributed by atoms with E-state index >= 15 is 0 Å². The summed E-state index contributed by atoms with van der Waals surface area (Å²) in [5, 5.41) is 0. The molecule has 3 atom stereocenters. The minimum atomic E-state index is -0.397. The lowest BCUT2D eigenvalue weighted by Crippen LogP contribution is -2.40. The first-order valence-corrected chi connectivity index (χ1v) is 7.94. The van der Waals surface area contributed by atoms with E-state index in [-0.39, 0.29) is 29.5 Å². The summed E-state index contributed by atoms with van der Waals surface area (Å²) >= 11 is 0. The number of allylic oxidation sites excluding steroid dienone is 2. The highest BCUT2D eigenvalue weighted by atomic mass is 16.6. The van der Waals surface area contributed by atoms with Gasteiger partial charge in [-0.05, 0) is 39.0 Å². The average Bonchev–Trinajstić information content (AvgIpc) is 2.95. The predicted molar refractivity (Wildman–Crippen MR) is 76.0 cm³/mol. The fraction of sp³-hybridized carbons (Fsp3) is 0.765. The van der Waals surface area contributed by atoms with E-state index in [2.05, 4.69) is 0 Å². The lowest BCUT2D eigenvalue weighted by atomic mass is 9.78. The third-order valence-electron chi connectivity index (χ3n) is 5.44. The van der Waals surface area contributed by atoms with Crippen molar-refractivity contribution in [1.82, 2.24) is 0 Å². The van der Waals surface area contributed by atoms with Gasteiger partial charge in [0, 0.05) is 11.8 Å². The van der Waals surface area contributed by atoms with E-state index in [0.717, 1.165) is 12.8 Å². The van der Waals surface area contributed by atoms with Crippen molar-refractivity contribution in [1.29, 1.82) is 0 Å². The molecule has 20 heavy (non-hydrogen) atoms. The molecule has 0 radical (unpaired) electrons. The molecule has 3 rings (SSSR count). The predicted octanol–water partition coefficient (Wildman–Crippen LogP) is 3.28. The zero-order chi connectivity index (χ0) is 14.3. The van der Waals surface area contributed by atoms with E-state index in [1.165, 1.54) is 19.3 Å². The van der Waals surface area contributed by atoms with Gasteiger partial charge in [0.1, 0.15) is 11.4 Å². The molecule has 3 nitrogen and oxygen atoms in total. The molecule has 3 aliphatic rings. The molecule has 2 fully saturated rings. The van der Waals surface area contributed by atoms with Gasteiger partial charge in [-0.25, -0.2) is 0 Å². The number of ether oxygens (including phenoxy) is 1. The first-order valence-electron chi connectivity index (χ1n) is 7.94. The van der Waals surface area contributed by atoms with Crippen LogP contribution in [0.5, 0.6) is 0 Å². The van der Waals surface area contributed by atoms with Crippen molar-refractivity contribution in [2.24, 2.45) is 23.7 Å². The Labute approximate surface area is 120 Å². The first-order chi connectivity index (χ1) is 9.49. The largest absolute Gasteiger partial charge is 0.459 e. The van der Waals surface area contributed by atoms with Crippen molar-refractivity contribution in [3.8, 4) is 0 Å². The number of ketones is 1. The number of fused-ring (bicyclic) bond motifs is 2. The molecule has 3 heteroatoms. The van der Waals surface area contributed by atoms with E-state index < -0.39 is 5.60 Å². The fourth-order valence-corrected chi connectivity index (χ4v) is 4.10. The van der Waals surface area contributed by atoms with Crippen LogP contribution < -0.4 is 0 Å². The molecule has 2 saturated carbocycles. The zero-order valence-electron chi connectivity index (χ0n) is 12.4. The molecule has 110 valence electrons. The van der Waals surface area contributed by atoms with Crippen LogP contribution in [-0.2, 0) is 14.3 Å². The SMILES string of the molecule is CC(C)(OC(=O)C1CC2C=CC1C2=O)C1CCCCC1. The van der Waals surface area contributed by atoms with Gasteiger partial charge >= 0.3 is 5.97 Å². The topological polar surface area (TPSA) is 43.4 Å². The molecule has 0 heterocycles. The van der Waals surface area contributed by atoms with Crippen molar-refractivity contribution < 1.29 is 14.3 Å². The average molecular weight is 276 g/mol. The number of hydrogen-bond donors (Lipinski definition) is 0. The van der Waals surface area contributed by atoms with Crippen molar-refractivity contribution in [2.75, 3.05) is 0 Å². The van der Waals surface area contributed by atoms with Crippen LogP contribution >= 0.6 is 0 Å². The molecule has 3 unspecified atom stereocenters.